The van der Waals surface area contributed by atoms with Gasteiger partial charge in [0.25, 0.3) is 5.91 Å². The first kappa shape index (κ1) is 17.2. The molecule has 0 spiro atoms. The molecule has 2 amide bonds. The maximum atomic E-state index is 12.2. The van der Waals surface area contributed by atoms with E-state index in [1.54, 1.807) is 18.5 Å². The topological polar surface area (TPSA) is 76.0 Å². The third-order valence-corrected chi connectivity index (χ3v) is 4.46. The Kier molecular flexibility index (Phi) is 4.61. The quantitative estimate of drug-likeness (QED) is 0.889. The van der Waals surface area contributed by atoms with Gasteiger partial charge in [0.15, 0.2) is 0 Å². The summed E-state index contributed by atoms with van der Waals surface area (Å²) in [6, 6.07) is 7.57. The monoisotopic (exact) mass is 340 g/mol. The summed E-state index contributed by atoms with van der Waals surface area (Å²) < 4.78 is 2.03. The van der Waals surface area contributed by atoms with Crippen LogP contribution in [0, 0.1) is 0 Å². The Morgan fingerprint density at radius 2 is 1.96 bits per heavy atom. The molecule has 6 heteroatoms. The van der Waals surface area contributed by atoms with Crippen molar-refractivity contribution < 1.29 is 9.59 Å². The van der Waals surface area contributed by atoms with Gasteiger partial charge < -0.3 is 15.2 Å². The van der Waals surface area contributed by atoms with Gasteiger partial charge in [0.05, 0.1) is 18.9 Å². The van der Waals surface area contributed by atoms with Gasteiger partial charge in [-0.3, -0.25) is 9.59 Å². The predicted octanol–water partition coefficient (Wildman–Crippen LogP) is 1.65. The van der Waals surface area contributed by atoms with Crippen LogP contribution in [0.3, 0.4) is 0 Å². The van der Waals surface area contributed by atoms with E-state index in [4.69, 9.17) is 0 Å². The summed E-state index contributed by atoms with van der Waals surface area (Å²) in [4.78, 5) is 28.3. The van der Waals surface area contributed by atoms with Crippen molar-refractivity contribution in [3.63, 3.8) is 0 Å². The third-order valence-electron chi connectivity index (χ3n) is 4.46. The fraction of sp³-hybridized carbons (Fsp3) is 0.421. The number of carbonyl (C=O) groups is 2. The molecule has 2 heterocycles. The fourth-order valence-corrected chi connectivity index (χ4v) is 3.00. The summed E-state index contributed by atoms with van der Waals surface area (Å²) in [5.41, 5.74) is 2.89. The Morgan fingerprint density at radius 1 is 1.24 bits per heavy atom. The Labute approximate surface area is 147 Å². The number of hydrogen-bond donors (Lipinski definition) is 2. The van der Waals surface area contributed by atoms with Gasteiger partial charge in [-0.05, 0) is 23.1 Å². The molecule has 25 heavy (non-hydrogen) atoms. The van der Waals surface area contributed by atoms with Crippen LogP contribution in [0.5, 0.6) is 0 Å². The largest absolute Gasteiger partial charge is 0.350 e. The number of rotatable bonds is 4. The molecule has 6 nitrogen and oxygen atoms in total. The standard InChI is InChI=1S/C19H24N4O2/c1-19(2,3)14-6-4-13(5-7-14)18(25)21-10-17(24)22-15-8-16-9-20-12-23(16)11-15/h4-7,9,12,15H,8,10-11H2,1-3H3,(H,21,25)(H,22,24). The van der Waals surface area contributed by atoms with Gasteiger partial charge in [-0.1, -0.05) is 32.9 Å². The predicted molar refractivity (Wildman–Crippen MR) is 95.3 cm³/mol. The fourth-order valence-electron chi connectivity index (χ4n) is 3.00. The van der Waals surface area contributed by atoms with Crippen LogP contribution in [0.15, 0.2) is 36.8 Å². The second kappa shape index (κ2) is 6.70. The maximum absolute atomic E-state index is 12.2. The van der Waals surface area contributed by atoms with E-state index in [1.165, 1.54) is 5.56 Å². The zero-order valence-corrected chi connectivity index (χ0v) is 14.9. The summed E-state index contributed by atoms with van der Waals surface area (Å²) in [7, 11) is 0. The van der Waals surface area contributed by atoms with Gasteiger partial charge in [-0.15, -0.1) is 0 Å². The minimum absolute atomic E-state index is 0.0243. The highest BCUT2D eigenvalue weighted by atomic mass is 16.2. The molecule has 0 aliphatic carbocycles. The van der Waals surface area contributed by atoms with Gasteiger partial charge in [0, 0.05) is 30.4 Å². The van der Waals surface area contributed by atoms with E-state index in [0.29, 0.717) is 5.56 Å². The Morgan fingerprint density at radius 3 is 2.60 bits per heavy atom. The minimum Gasteiger partial charge on any atom is -0.350 e. The van der Waals surface area contributed by atoms with Crippen LogP contribution >= 0.6 is 0 Å². The SMILES string of the molecule is CC(C)(C)c1ccc(C(=O)NCC(=O)NC2Cc3cncn3C2)cc1. The molecule has 2 N–H and O–H groups in total. The summed E-state index contributed by atoms with van der Waals surface area (Å²) in [6.45, 7) is 7.08. The summed E-state index contributed by atoms with van der Waals surface area (Å²) in [6.07, 6.45) is 4.35. The average molecular weight is 340 g/mol. The number of aromatic nitrogens is 2. The Balaban J connectivity index is 1.47. The van der Waals surface area contributed by atoms with Gasteiger partial charge in [0.2, 0.25) is 5.91 Å². The second-order valence-electron chi connectivity index (χ2n) is 7.52. The molecular weight excluding hydrogens is 316 g/mol. The lowest BCUT2D eigenvalue weighted by atomic mass is 9.87. The van der Waals surface area contributed by atoms with Crippen molar-refractivity contribution in [2.75, 3.05) is 6.54 Å². The number of amides is 2. The number of hydrogen-bond acceptors (Lipinski definition) is 3. The van der Waals surface area contributed by atoms with E-state index in [0.717, 1.165) is 18.7 Å². The molecule has 1 aromatic carbocycles. The lowest BCUT2D eigenvalue weighted by Gasteiger charge is -2.19. The molecule has 2 aromatic rings. The summed E-state index contributed by atoms with van der Waals surface area (Å²) >= 11 is 0. The molecular formula is C19H24N4O2. The van der Waals surface area contributed by atoms with Gasteiger partial charge in [-0.2, -0.15) is 0 Å². The molecule has 3 rings (SSSR count). The zero-order chi connectivity index (χ0) is 18.0. The first-order valence-corrected chi connectivity index (χ1v) is 8.50. The van der Waals surface area contributed by atoms with Crippen molar-refractivity contribution in [2.45, 2.75) is 45.2 Å². The third kappa shape index (κ3) is 4.07. The Bertz CT molecular complexity index is 751. The van der Waals surface area contributed by atoms with Gasteiger partial charge in [-0.25, -0.2) is 4.98 Å². The normalized spacial score (nSPS) is 16.4. The molecule has 1 unspecified atom stereocenters. The second-order valence-corrected chi connectivity index (χ2v) is 7.52. The Hall–Kier alpha value is -2.63. The lowest BCUT2D eigenvalue weighted by Crippen LogP contribution is -2.42. The first-order valence-electron chi connectivity index (χ1n) is 8.50. The van der Waals surface area contributed by atoms with Crippen molar-refractivity contribution >= 4 is 11.8 Å². The molecule has 0 saturated heterocycles. The first-order chi connectivity index (χ1) is 11.8. The van der Waals surface area contributed by atoms with Crippen molar-refractivity contribution in [2.24, 2.45) is 0 Å². The molecule has 0 fully saturated rings. The van der Waals surface area contributed by atoms with Crippen LogP contribution in [0.2, 0.25) is 0 Å². The van der Waals surface area contributed by atoms with E-state index >= 15 is 0 Å². The summed E-state index contributed by atoms with van der Waals surface area (Å²) in [5.74, 6) is -0.416. The molecule has 0 bridgehead atoms. The highest BCUT2D eigenvalue weighted by Gasteiger charge is 2.22. The maximum Gasteiger partial charge on any atom is 0.251 e. The summed E-state index contributed by atoms with van der Waals surface area (Å²) in [5, 5.41) is 5.62. The van der Waals surface area contributed by atoms with Crippen molar-refractivity contribution in [1.29, 1.82) is 0 Å². The van der Waals surface area contributed by atoms with Gasteiger partial charge in [0.1, 0.15) is 0 Å². The number of carbonyl (C=O) groups excluding carboxylic acids is 2. The van der Waals surface area contributed by atoms with E-state index in [1.807, 2.05) is 22.9 Å². The van der Waals surface area contributed by atoms with Crippen LogP contribution in [0.25, 0.3) is 0 Å². The van der Waals surface area contributed by atoms with Gasteiger partial charge >= 0.3 is 0 Å². The van der Waals surface area contributed by atoms with Crippen molar-refractivity contribution in [3.8, 4) is 0 Å². The number of imidazole rings is 1. The van der Waals surface area contributed by atoms with Crippen LogP contribution < -0.4 is 10.6 Å². The zero-order valence-electron chi connectivity index (χ0n) is 14.9. The van der Waals surface area contributed by atoms with E-state index < -0.39 is 0 Å². The number of fused-ring (bicyclic) bond motifs is 1. The smallest absolute Gasteiger partial charge is 0.251 e. The van der Waals surface area contributed by atoms with E-state index in [2.05, 4.69) is 36.4 Å². The van der Waals surface area contributed by atoms with Crippen LogP contribution in [-0.4, -0.2) is 34.0 Å². The van der Waals surface area contributed by atoms with Crippen LogP contribution in [0.1, 0.15) is 42.4 Å². The molecule has 0 saturated carbocycles. The van der Waals surface area contributed by atoms with E-state index in [9.17, 15) is 9.59 Å². The molecule has 1 atom stereocenters. The van der Waals surface area contributed by atoms with E-state index in [-0.39, 0.29) is 29.8 Å². The molecule has 0 radical (unpaired) electrons. The number of benzene rings is 1. The number of nitrogens with one attached hydrogen (secondary N) is 2. The molecule has 1 aliphatic heterocycles. The van der Waals surface area contributed by atoms with Crippen molar-refractivity contribution in [3.05, 3.63) is 53.6 Å². The minimum atomic E-state index is -0.238. The highest BCUT2D eigenvalue weighted by molar-refractivity contribution is 5.96. The van der Waals surface area contributed by atoms with Crippen LogP contribution in [-0.2, 0) is 23.2 Å². The van der Waals surface area contributed by atoms with Crippen molar-refractivity contribution in [1.82, 2.24) is 20.2 Å². The number of nitrogens with zero attached hydrogens (tertiary/aromatic N) is 2. The highest BCUT2D eigenvalue weighted by Crippen LogP contribution is 2.22. The van der Waals surface area contributed by atoms with Crippen LogP contribution in [0.4, 0.5) is 0 Å². The molecule has 132 valence electrons. The molecule has 1 aliphatic rings. The molecule has 1 aromatic heterocycles. The lowest BCUT2D eigenvalue weighted by molar-refractivity contribution is -0.120. The average Bonchev–Trinajstić information content (AvgIpc) is 3.13.